The predicted molar refractivity (Wildman–Crippen MR) is 281 cm³/mol. The molecule has 0 fully saturated rings. The number of para-hydroxylation sites is 2. The molecule has 0 saturated heterocycles. The largest absolute Gasteiger partial charge is 0.311 e. The van der Waals surface area contributed by atoms with Gasteiger partial charge in [-0.05, 0) is 107 Å². The topological polar surface area (TPSA) is 34.0 Å². The first-order chi connectivity index (χ1) is 32.3. The molecule has 0 saturated carbocycles. The lowest BCUT2D eigenvalue weighted by Crippen LogP contribution is -2.37. The summed E-state index contributed by atoms with van der Waals surface area (Å²) in [6.07, 6.45) is 0. The Hall–Kier alpha value is -8.12. The molecule has 66 heavy (non-hydrogen) atoms. The van der Waals surface area contributed by atoms with Crippen LogP contribution >= 0.6 is 0 Å². The van der Waals surface area contributed by atoms with Gasteiger partial charge in [0.2, 0.25) is 0 Å². The Morgan fingerprint density at radius 3 is 1.30 bits per heavy atom. The fourth-order valence-corrected chi connectivity index (χ4v) is 10.2. The lowest BCUT2D eigenvalue weighted by molar-refractivity contribution is 1.18. The molecule has 0 radical (unpaired) electrons. The van der Waals surface area contributed by atoms with E-state index in [0.717, 1.165) is 56.4 Å². The third kappa shape index (κ3) is 7.91. The molecule has 0 aliphatic heterocycles. The molecule has 0 aliphatic carbocycles. The van der Waals surface area contributed by atoms with E-state index >= 15 is 0 Å². The van der Waals surface area contributed by atoms with Crippen molar-refractivity contribution < 1.29 is 0 Å². The molecule has 0 unspecified atom stereocenters. The average Bonchev–Trinajstić information content (AvgIpc) is 3.71. The van der Waals surface area contributed by atoms with Crippen LogP contribution in [0, 0.1) is 0 Å². The molecule has 5 heteroatoms. The molecule has 0 N–H and O–H groups in total. The van der Waals surface area contributed by atoms with Crippen molar-refractivity contribution in [3.05, 3.63) is 237 Å². The number of fused-ring (bicyclic) bond motifs is 3. The zero-order valence-electron chi connectivity index (χ0n) is 37.3. The lowest BCUT2D eigenvalue weighted by Gasteiger charge is -2.26. The van der Waals surface area contributed by atoms with Crippen LogP contribution in [0.5, 0.6) is 0 Å². The van der Waals surface area contributed by atoms with Crippen molar-refractivity contribution in [1.29, 1.82) is 0 Å². The minimum absolute atomic E-state index is 0.686. The second-order valence-electron chi connectivity index (χ2n) is 17.9. The first-order valence-electron chi connectivity index (χ1n) is 22.6. The summed E-state index contributed by atoms with van der Waals surface area (Å²) in [4.78, 5) is 12.6. The molecule has 4 nitrogen and oxygen atoms in total. The van der Waals surface area contributed by atoms with Gasteiger partial charge >= 0.3 is 0 Å². The third-order valence-electron chi connectivity index (χ3n) is 12.6. The van der Waals surface area contributed by atoms with Crippen molar-refractivity contribution in [3.8, 4) is 61.8 Å². The number of benzene rings is 9. The highest BCUT2D eigenvalue weighted by Crippen LogP contribution is 2.40. The maximum absolute atomic E-state index is 5.11. The van der Waals surface area contributed by atoms with Crippen LogP contribution in [0.2, 0.25) is 19.6 Å². The molecule has 9 aromatic carbocycles. The first kappa shape index (κ1) is 40.6. The summed E-state index contributed by atoms with van der Waals surface area (Å²) in [5, 5.41) is 3.95. The molecule has 0 spiro atoms. The van der Waals surface area contributed by atoms with E-state index in [9.17, 15) is 0 Å². The molecular formula is C61H48N4Si. The maximum atomic E-state index is 5.11. The zero-order chi connectivity index (χ0) is 44.6. The van der Waals surface area contributed by atoms with E-state index in [1.807, 2.05) is 12.1 Å². The van der Waals surface area contributed by atoms with E-state index in [1.54, 1.807) is 0 Å². The highest BCUT2D eigenvalue weighted by Gasteiger charge is 2.19. The van der Waals surface area contributed by atoms with Gasteiger partial charge in [0, 0.05) is 50.2 Å². The molecule has 0 amide bonds. The van der Waals surface area contributed by atoms with Crippen LogP contribution in [-0.4, -0.2) is 22.6 Å². The summed E-state index contributed by atoms with van der Waals surface area (Å²) in [6, 6.07) is 84.7. The van der Waals surface area contributed by atoms with Gasteiger partial charge in [0.1, 0.15) is 0 Å². The minimum atomic E-state index is -1.40. The number of hydrogen-bond acceptors (Lipinski definition) is 3. The van der Waals surface area contributed by atoms with Crippen molar-refractivity contribution >= 4 is 52.1 Å². The van der Waals surface area contributed by atoms with Gasteiger partial charge in [-0.2, -0.15) is 0 Å². The standard InChI is InChI=1S/C61H48N4Si/c1-66(2,3)54-38-29-44(30-39-54)43-23-32-51(33-24-43)64(53-36-27-48(28-37-53)61-62-57(46-15-7-4-8-16-46)42-58(63-61)47-17-9-5-10-18-47)52-34-25-45(26-35-52)49-31-40-60-56(41-49)55-21-13-14-22-59(55)65(60)50-19-11-6-12-20-50/h4-42H,1-3H3. The van der Waals surface area contributed by atoms with E-state index in [2.05, 4.69) is 254 Å². The van der Waals surface area contributed by atoms with Gasteiger partial charge in [-0.3, -0.25) is 0 Å². The first-order valence-corrected chi connectivity index (χ1v) is 26.1. The molecule has 0 bridgehead atoms. The van der Waals surface area contributed by atoms with Crippen LogP contribution in [0.25, 0.3) is 83.6 Å². The van der Waals surface area contributed by atoms with Gasteiger partial charge in [-0.1, -0.05) is 176 Å². The second kappa shape index (κ2) is 17.1. The number of aromatic nitrogens is 3. The fourth-order valence-electron chi connectivity index (χ4n) is 9.07. The van der Waals surface area contributed by atoms with Crippen molar-refractivity contribution in [3.63, 3.8) is 0 Å². The van der Waals surface area contributed by atoms with Crippen LogP contribution in [-0.2, 0) is 0 Å². The molecule has 11 aromatic rings. The Bertz CT molecular complexity index is 3390. The Labute approximate surface area is 387 Å². The summed E-state index contributed by atoms with van der Waals surface area (Å²) < 4.78 is 2.36. The van der Waals surface area contributed by atoms with E-state index in [1.165, 1.54) is 43.7 Å². The summed E-state index contributed by atoms with van der Waals surface area (Å²) in [5.41, 5.74) is 16.3. The molecule has 11 rings (SSSR count). The van der Waals surface area contributed by atoms with Crippen LogP contribution in [0.4, 0.5) is 17.1 Å². The summed E-state index contributed by atoms with van der Waals surface area (Å²) in [5.74, 6) is 0.686. The van der Waals surface area contributed by atoms with Gasteiger partial charge in [0.25, 0.3) is 0 Å². The minimum Gasteiger partial charge on any atom is -0.311 e. The van der Waals surface area contributed by atoms with Crippen molar-refractivity contribution in [2.75, 3.05) is 4.90 Å². The molecule has 2 aromatic heterocycles. The normalized spacial score (nSPS) is 11.6. The fraction of sp³-hybridized carbons (Fsp3) is 0.0492. The van der Waals surface area contributed by atoms with Crippen LogP contribution in [0.3, 0.4) is 0 Å². The monoisotopic (exact) mass is 864 g/mol. The molecule has 0 aliphatic rings. The number of hydrogen-bond donors (Lipinski definition) is 0. The van der Waals surface area contributed by atoms with Gasteiger partial charge in [-0.15, -0.1) is 0 Å². The van der Waals surface area contributed by atoms with E-state index < -0.39 is 8.07 Å². The van der Waals surface area contributed by atoms with E-state index in [-0.39, 0.29) is 0 Å². The average molecular weight is 865 g/mol. The van der Waals surface area contributed by atoms with Gasteiger partial charge < -0.3 is 9.47 Å². The van der Waals surface area contributed by atoms with Crippen LogP contribution < -0.4 is 10.1 Å². The predicted octanol–water partition coefficient (Wildman–Crippen LogP) is 15.9. The van der Waals surface area contributed by atoms with Crippen molar-refractivity contribution in [2.24, 2.45) is 0 Å². The summed E-state index contributed by atoms with van der Waals surface area (Å²) >= 11 is 0. The molecule has 0 atom stereocenters. The van der Waals surface area contributed by atoms with Gasteiger partial charge in [0.05, 0.1) is 30.5 Å². The van der Waals surface area contributed by atoms with Crippen molar-refractivity contribution in [2.45, 2.75) is 19.6 Å². The van der Waals surface area contributed by atoms with Gasteiger partial charge in [0.15, 0.2) is 5.82 Å². The molecule has 316 valence electrons. The highest BCUT2D eigenvalue weighted by molar-refractivity contribution is 6.88. The number of nitrogens with zero attached hydrogens (tertiary/aromatic N) is 4. The lowest BCUT2D eigenvalue weighted by atomic mass is 10.0. The summed E-state index contributed by atoms with van der Waals surface area (Å²) in [7, 11) is -1.40. The number of anilines is 3. The Morgan fingerprint density at radius 1 is 0.348 bits per heavy atom. The van der Waals surface area contributed by atoms with Gasteiger partial charge in [-0.25, -0.2) is 9.97 Å². The Morgan fingerprint density at radius 2 is 0.773 bits per heavy atom. The Balaban J connectivity index is 0.972. The highest BCUT2D eigenvalue weighted by atomic mass is 28.3. The quantitative estimate of drug-likeness (QED) is 0.128. The Kier molecular flexibility index (Phi) is 10.5. The zero-order valence-corrected chi connectivity index (χ0v) is 38.3. The van der Waals surface area contributed by atoms with Crippen LogP contribution in [0.1, 0.15) is 0 Å². The third-order valence-corrected chi connectivity index (χ3v) is 14.7. The molecular weight excluding hydrogens is 817 g/mol. The SMILES string of the molecule is C[Si](C)(C)c1ccc(-c2ccc(N(c3ccc(-c4ccc5c(c4)c4ccccc4n5-c4ccccc4)cc3)c3ccc(-c4nc(-c5ccccc5)cc(-c5ccccc5)n4)cc3)cc2)cc1. The smallest absolute Gasteiger partial charge is 0.160 e. The van der Waals surface area contributed by atoms with Crippen molar-refractivity contribution in [1.82, 2.24) is 14.5 Å². The van der Waals surface area contributed by atoms with E-state index in [0.29, 0.717) is 5.82 Å². The number of rotatable bonds is 10. The van der Waals surface area contributed by atoms with Crippen LogP contribution in [0.15, 0.2) is 237 Å². The maximum Gasteiger partial charge on any atom is 0.160 e. The second-order valence-corrected chi connectivity index (χ2v) is 23.0. The van der Waals surface area contributed by atoms with E-state index in [4.69, 9.17) is 9.97 Å². The summed E-state index contributed by atoms with van der Waals surface area (Å²) in [6.45, 7) is 7.18. The molecule has 2 heterocycles.